The van der Waals surface area contributed by atoms with Gasteiger partial charge in [-0.3, -0.25) is 9.78 Å². The minimum Gasteiger partial charge on any atom is -0.444 e. The Morgan fingerprint density at radius 2 is 1.81 bits per heavy atom. The summed E-state index contributed by atoms with van der Waals surface area (Å²) in [7, 11) is 0. The molecule has 0 bridgehead atoms. The number of hydrogen-bond donors (Lipinski definition) is 1. The van der Waals surface area contributed by atoms with Crippen molar-refractivity contribution >= 4 is 11.6 Å². The number of amides is 1. The number of carbonyl (C=O) groups is 1. The van der Waals surface area contributed by atoms with E-state index in [1.54, 1.807) is 6.20 Å². The van der Waals surface area contributed by atoms with E-state index in [1.807, 2.05) is 18.2 Å². The van der Waals surface area contributed by atoms with Crippen molar-refractivity contribution in [3.05, 3.63) is 89.6 Å². The van der Waals surface area contributed by atoms with Crippen molar-refractivity contribution in [1.29, 1.82) is 0 Å². The SMILES string of the molecule is O=C(Nc1cnc2c(c1)CCCc1ccc(-c3cnco3)cc1-2)c1c(F)cccc1F. The maximum absolute atomic E-state index is 13.9. The molecule has 2 aromatic heterocycles. The number of rotatable bonds is 3. The summed E-state index contributed by atoms with van der Waals surface area (Å²) in [6, 6.07) is 11.2. The lowest BCUT2D eigenvalue weighted by Crippen LogP contribution is -2.16. The molecule has 5 rings (SSSR count). The van der Waals surface area contributed by atoms with Gasteiger partial charge in [0.1, 0.15) is 17.2 Å². The first kappa shape index (κ1) is 19.1. The molecular formula is C24H17F2N3O2. The Balaban J connectivity index is 1.50. The first-order chi connectivity index (χ1) is 15.1. The highest BCUT2D eigenvalue weighted by atomic mass is 19.1. The quantitative estimate of drug-likeness (QED) is 0.483. The number of pyridine rings is 1. The number of oxazole rings is 1. The van der Waals surface area contributed by atoms with Crippen molar-refractivity contribution in [3.8, 4) is 22.6 Å². The molecule has 0 saturated carbocycles. The van der Waals surface area contributed by atoms with Crippen LogP contribution < -0.4 is 5.32 Å². The molecule has 2 heterocycles. The van der Waals surface area contributed by atoms with Crippen molar-refractivity contribution in [1.82, 2.24) is 9.97 Å². The van der Waals surface area contributed by atoms with E-state index in [-0.39, 0.29) is 0 Å². The van der Waals surface area contributed by atoms with E-state index in [9.17, 15) is 13.6 Å². The number of carbonyl (C=O) groups excluding carboxylic acids is 1. The second-order valence-electron chi connectivity index (χ2n) is 7.37. The minimum absolute atomic E-state index is 0.390. The normalized spacial score (nSPS) is 12.6. The van der Waals surface area contributed by atoms with Gasteiger partial charge in [0.2, 0.25) is 0 Å². The van der Waals surface area contributed by atoms with Crippen LogP contribution in [-0.2, 0) is 12.8 Å². The van der Waals surface area contributed by atoms with Crippen LogP contribution in [0.4, 0.5) is 14.5 Å². The van der Waals surface area contributed by atoms with Gasteiger partial charge in [0.15, 0.2) is 12.2 Å². The highest BCUT2D eigenvalue weighted by Crippen LogP contribution is 2.35. The first-order valence-corrected chi connectivity index (χ1v) is 9.86. The zero-order valence-electron chi connectivity index (χ0n) is 16.4. The average Bonchev–Trinajstić information content (AvgIpc) is 3.23. The third-order valence-electron chi connectivity index (χ3n) is 5.39. The number of anilines is 1. The van der Waals surface area contributed by atoms with Gasteiger partial charge in [0, 0.05) is 11.1 Å². The maximum Gasteiger partial charge on any atom is 0.261 e. The Kier molecular flexibility index (Phi) is 4.78. The van der Waals surface area contributed by atoms with Gasteiger partial charge in [-0.25, -0.2) is 13.8 Å². The highest BCUT2D eigenvalue weighted by molar-refractivity contribution is 6.04. The van der Waals surface area contributed by atoms with Crippen LogP contribution in [0.2, 0.25) is 0 Å². The van der Waals surface area contributed by atoms with Crippen LogP contribution in [0.5, 0.6) is 0 Å². The minimum atomic E-state index is -0.908. The highest BCUT2D eigenvalue weighted by Gasteiger charge is 2.20. The van der Waals surface area contributed by atoms with E-state index in [2.05, 4.69) is 21.4 Å². The second kappa shape index (κ2) is 7.75. The average molecular weight is 417 g/mol. The van der Waals surface area contributed by atoms with Gasteiger partial charge in [-0.2, -0.15) is 0 Å². The van der Waals surface area contributed by atoms with Crippen LogP contribution in [0.1, 0.15) is 27.9 Å². The Bertz CT molecular complexity index is 1270. The zero-order chi connectivity index (χ0) is 21.4. The number of aromatic nitrogens is 2. The Morgan fingerprint density at radius 3 is 2.58 bits per heavy atom. The molecule has 0 spiro atoms. The van der Waals surface area contributed by atoms with Crippen LogP contribution in [0.15, 0.2) is 65.7 Å². The van der Waals surface area contributed by atoms with Gasteiger partial charge in [-0.1, -0.05) is 18.2 Å². The lowest BCUT2D eigenvalue weighted by molar-refractivity contribution is 0.101. The molecule has 1 aliphatic carbocycles. The summed E-state index contributed by atoms with van der Waals surface area (Å²) in [5, 5.41) is 2.56. The number of halogens is 2. The molecule has 2 aromatic carbocycles. The lowest BCUT2D eigenvalue weighted by atomic mass is 9.98. The topological polar surface area (TPSA) is 68.0 Å². The molecule has 0 saturated heterocycles. The Hall–Kier alpha value is -3.87. The maximum atomic E-state index is 13.9. The molecular weight excluding hydrogens is 400 g/mol. The standard InChI is InChI=1S/C24H17F2N3O2/c25-19-5-2-6-20(26)22(19)24(30)29-17-9-16-4-1-3-14-7-8-15(21-12-27-13-31-21)10-18(14)23(16)28-11-17/h2,5-13H,1,3-4H2,(H,29,30). The van der Waals surface area contributed by atoms with Gasteiger partial charge in [-0.05, 0) is 54.7 Å². The van der Waals surface area contributed by atoms with Crippen LogP contribution in [0.3, 0.4) is 0 Å². The summed E-state index contributed by atoms with van der Waals surface area (Å²) >= 11 is 0. The van der Waals surface area contributed by atoms with E-state index in [4.69, 9.17) is 4.42 Å². The molecule has 1 amide bonds. The van der Waals surface area contributed by atoms with E-state index in [0.29, 0.717) is 11.4 Å². The molecule has 1 N–H and O–H groups in total. The van der Waals surface area contributed by atoms with Crippen LogP contribution >= 0.6 is 0 Å². The molecule has 5 nitrogen and oxygen atoms in total. The van der Waals surface area contributed by atoms with E-state index in [1.165, 1.54) is 24.2 Å². The Labute approximate surface area is 176 Å². The first-order valence-electron chi connectivity index (χ1n) is 9.86. The van der Waals surface area contributed by atoms with Gasteiger partial charge < -0.3 is 9.73 Å². The molecule has 7 heteroatoms. The van der Waals surface area contributed by atoms with Crippen molar-refractivity contribution in [2.75, 3.05) is 5.32 Å². The van der Waals surface area contributed by atoms with Gasteiger partial charge in [0.05, 0.1) is 23.8 Å². The number of nitrogens with zero attached hydrogens (tertiary/aromatic N) is 2. The molecule has 0 fully saturated rings. The number of fused-ring (bicyclic) bond motifs is 3. The van der Waals surface area contributed by atoms with E-state index >= 15 is 0 Å². The third kappa shape index (κ3) is 3.59. The molecule has 4 aromatic rings. The largest absolute Gasteiger partial charge is 0.444 e. The zero-order valence-corrected chi connectivity index (χ0v) is 16.4. The molecule has 0 atom stereocenters. The van der Waals surface area contributed by atoms with Crippen molar-refractivity contribution in [2.24, 2.45) is 0 Å². The van der Waals surface area contributed by atoms with Gasteiger partial charge in [-0.15, -0.1) is 0 Å². The predicted molar refractivity (Wildman–Crippen MR) is 112 cm³/mol. The fourth-order valence-electron chi connectivity index (χ4n) is 3.92. The predicted octanol–water partition coefficient (Wildman–Crippen LogP) is 5.42. The molecule has 31 heavy (non-hydrogen) atoms. The van der Waals surface area contributed by atoms with Crippen molar-refractivity contribution in [3.63, 3.8) is 0 Å². The summed E-state index contributed by atoms with van der Waals surface area (Å²) in [4.78, 5) is 21.0. The third-order valence-corrected chi connectivity index (χ3v) is 5.39. The van der Waals surface area contributed by atoms with Crippen LogP contribution in [0.25, 0.3) is 22.6 Å². The van der Waals surface area contributed by atoms with Crippen LogP contribution in [0, 0.1) is 11.6 Å². The molecule has 154 valence electrons. The number of nitrogens with one attached hydrogen (secondary N) is 1. The summed E-state index contributed by atoms with van der Waals surface area (Å²) in [5.74, 6) is -1.99. The monoisotopic (exact) mass is 417 g/mol. The van der Waals surface area contributed by atoms with Gasteiger partial charge in [0.25, 0.3) is 5.91 Å². The number of hydrogen-bond acceptors (Lipinski definition) is 4. The van der Waals surface area contributed by atoms with Gasteiger partial charge >= 0.3 is 0 Å². The second-order valence-corrected chi connectivity index (χ2v) is 7.37. The van der Waals surface area contributed by atoms with E-state index in [0.717, 1.165) is 53.8 Å². The summed E-state index contributed by atoms with van der Waals surface area (Å²) in [5.41, 5.74) is 4.64. The number of benzene rings is 2. The molecule has 0 unspecified atom stereocenters. The van der Waals surface area contributed by atoms with Crippen LogP contribution in [-0.4, -0.2) is 15.9 Å². The molecule has 1 aliphatic rings. The Morgan fingerprint density at radius 1 is 1.00 bits per heavy atom. The summed E-state index contributed by atoms with van der Waals surface area (Å²) in [6.45, 7) is 0. The summed E-state index contributed by atoms with van der Waals surface area (Å²) in [6.07, 6.45) is 7.14. The number of aryl methyl sites for hydroxylation is 2. The van der Waals surface area contributed by atoms with E-state index < -0.39 is 23.1 Å². The fourth-order valence-corrected chi connectivity index (χ4v) is 3.92. The molecule has 0 radical (unpaired) electrons. The smallest absolute Gasteiger partial charge is 0.261 e. The fraction of sp³-hybridized carbons (Fsp3) is 0.125. The lowest BCUT2D eigenvalue weighted by Gasteiger charge is -2.12. The summed E-state index contributed by atoms with van der Waals surface area (Å²) < 4.78 is 33.3. The van der Waals surface area contributed by atoms with Crippen molar-refractivity contribution < 1.29 is 18.0 Å². The molecule has 0 aliphatic heterocycles. The van der Waals surface area contributed by atoms with Crippen molar-refractivity contribution in [2.45, 2.75) is 19.3 Å².